The number of nitro groups is 1. The number of hydrogen-bond acceptors (Lipinski definition) is 8. The molecule has 0 bridgehead atoms. The molecule has 29 heavy (non-hydrogen) atoms. The maximum absolute atomic E-state index is 12.3. The number of methoxy groups -OCH3 is 1. The number of carbonyl (C=O) groups is 1. The van der Waals surface area contributed by atoms with E-state index in [1.165, 1.54) is 44.5 Å². The van der Waals surface area contributed by atoms with Gasteiger partial charge >= 0.3 is 0 Å². The fourth-order valence-electron chi connectivity index (χ4n) is 2.21. The van der Waals surface area contributed by atoms with Crippen molar-refractivity contribution in [3.8, 4) is 11.5 Å². The number of primary amides is 1. The van der Waals surface area contributed by atoms with Crippen molar-refractivity contribution in [2.75, 3.05) is 13.7 Å². The van der Waals surface area contributed by atoms with Gasteiger partial charge in [-0.05, 0) is 36.8 Å². The highest BCUT2D eigenvalue weighted by molar-refractivity contribution is 7.89. The van der Waals surface area contributed by atoms with Crippen molar-refractivity contribution in [3.63, 3.8) is 0 Å². The van der Waals surface area contributed by atoms with Gasteiger partial charge in [-0.3, -0.25) is 14.9 Å². The molecule has 11 nitrogen and oxygen atoms in total. The molecule has 2 rings (SSSR count). The number of amides is 1. The van der Waals surface area contributed by atoms with E-state index in [4.69, 9.17) is 15.2 Å². The zero-order valence-electron chi connectivity index (χ0n) is 15.5. The largest absolute Gasteiger partial charge is 0.493 e. The lowest BCUT2D eigenvalue weighted by atomic mass is 10.2. The maximum Gasteiger partial charge on any atom is 0.276 e. The van der Waals surface area contributed by atoms with Crippen LogP contribution in [0, 0.1) is 17.0 Å². The van der Waals surface area contributed by atoms with Crippen LogP contribution in [0.15, 0.2) is 46.4 Å². The maximum atomic E-state index is 12.3. The molecule has 0 fully saturated rings. The first kappa shape index (κ1) is 21.6. The second kappa shape index (κ2) is 9.01. The van der Waals surface area contributed by atoms with Gasteiger partial charge in [-0.25, -0.2) is 4.83 Å². The predicted molar refractivity (Wildman–Crippen MR) is 103 cm³/mol. The Bertz CT molecular complexity index is 1070. The Morgan fingerprint density at radius 1 is 1.28 bits per heavy atom. The molecule has 0 radical (unpaired) electrons. The monoisotopic (exact) mass is 422 g/mol. The van der Waals surface area contributed by atoms with Crippen molar-refractivity contribution in [2.45, 2.75) is 11.8 Å². The van der Waals surface area contributed by atoms with Gasteiger partial charge in [0.05, 0.1) is 23.1 Å². The molecule has 0 unspecified atom stereocenters. The third kappa shape index (κ3) is 5.65. The third-order valence-corrected chi connectivity index (χ3v) is 4.85. The molecule has 154 valence electrons. The number of hydrogen-bond donors (Lipinski definition) is 2. The first-order valence-electron chi connectivity index (χ1n) is 8.03. The summed E-state index contributed by atoms with van der Waals surface area (Å²) in [6, 6.07) is 8.11. The van der Waals surface area contributed by atoms with Crippen molar-refractivity contribution in [1.29, 1.82) is 0 Å². The number of nitrogens with zero attached hydrogens (tertiary/aromatic N) is 2. The minimum absolute atomic E-state index is 0.215. The van der Waals surface area contributed by atoms with Crippen LogP contribution in [0.4, 0.5) is 5.69 Å². The summed E-state index contributed by atoms with van der Waals surface area (Å²) in [5.74, 6) is -0.116. The molecule has 0 heterocycles. The molecule has 12 heteroatoms. The van der Waals surface area contributed by atoms with Gasteiger partial charge in [0.15, 0.2) is 18.1 Å². The number of nitrogens with two attached hydrogens (primary N) is 1. The Kier molecular flexibility index (Phi) is 6.72. The van der Waals surface area contributed by atoms with Crippen LogP contribution in [-0.2, 0) is 14.8 Å². The van der Waals surface area contributed by atoms with Gasteiger partial charge in [0.2, 0.25) is 0 Å². The van der Waals surface area contributed by atoms with Crippen LogP contribution in [0.5, 0.6) is 11.5 Å². The lowest BCUT2D eigenvalue weighted by molar-refractivity contribution is -0.385. The van der Waals surface area contributed by atoms with E-state index in [0.717, 1.165) is 6.07 Å². The van der Waals surface area contributed by atoms with Gasteiger partial charge in [0.1, 0.15) is 0 Å². The fraction of sp³-hybridized carbons (Fsp3) is 0.176. The first-order valence-corrected chi connectivity index (χ1v) is 9.51. The average molecular weight is 422 g/mol. The summed E-state index contributed by atoms with van der Waals surface area (Å²) in [4.78, 5) is 22.9. The molecule has 0 aliphatic rings. The predicted octanol–water partition coefficient (Wildman–Crippen LogP) is 1.09. The van der Waals surface area contributed by atoms with E-state index in [9.17, 15) is 23.3 Å². The van der Waals surface area contributed by atoms with Crippen LogP contribution in [0.25, 0.3) is 0 Å². The number of ether oxygens (including phenoxy) is 2. The summed E-state index contributed by atoms with van der Waals surface area (Å²) in [5, 5.41) is 14.6. The number of benzene rings is 2. The third-order valence-electron chi connectivity index (χ3n) is 3.63. The molecular formula is C17H18N4O7S. The van der Waals surface area contributed by atoms with E-state index in [1.807, 2.05) is 4.83 Å². The van der Waals surface area contributed by atoms with Gasteiger partial charge in [-0.15, -0.1) is 0 Å². The highest BCUT2D eigenvalue weighted by atomic mass is 32.2. The number of sulfonamides is 1. The number of nitro benzene ring substituents is 1. The van der Waals surface area contributed by atoms with E-state index in [1.54, 1.807) is 6.07 Å². The molecule has 0 aliphatic carbocycles. The SMILES string of the molecule is COc1ccc(/C=N\NS(=O)(=O)c2ccc(C)c([N+](=O)[O-])c2)cc1OCC(N)=O. The Balaban J connectivity index is 2.20. The first-order chi connectivity index (χ1) is 13.6. The Hall–Kier alpha value is -3.67. The van der Waals surface area contributed by atoms with Crippen molar-refractivity contribution in [3.05, 3.63) is 57.6 Å². The lowest BCUT2D eigenvalue weighted by Crippen LogP contribution is -2.20. The summed E-state index contributed by atoms with van der Waals surface area (Å²) in [5.41, 5.74) is 5.49. The topological polar surface area (TPSA) is 163 Å². The highest BCUT2D eigenvalue weighted by Crippen LogP contribution is 2.27. The van der Waals surface area contributed by atoms with Crippen LogP contribution >= 0.6 is 0 Å². The van der Waals surface area contributed by atoms with Crippen molar-refractivity contribution in [2.24, 2.45) is 10.8 Å². The standard InChI is InChI=1S/C17H18N4O7S/c1-11-3-5-13(8-14(11)21(23)24)29(25,26)20-19-9-12-4-6-15(27-2)16(7-12)28-10-17(18)22/h3-9,20H,10H2,1-2H3,(H2,18,22)/b19-9-. The zero-order valence-corrected chi connectivity index (χ0v) is 16.3. The summed E-state index contributed by atoms with van der Waals surface area (Å²) in [7, 11) is -2.71. The molecule has 2 aromatic carbocycles. The molecule has 1 amide bonds. The zero-order chi connectivity index (χ0) is 21.6. The van der Waals surface area contributed by atoms with Crippen LogP contribution < -0.4 is 20.0 Å². The molecule has 0 atom stereocenters. The van der Waals surface area contributed by atoms with E-state index in [0.29, 0.717) is 16.9 Å². The highest BCUT2D eigenvalue weighted by Gasteiger charge is 2.19. The average Bonchev–Trinajstić information content (AvgIpc) is 2.66. The minimum atomic E-state index is -4.12. The molecular weight excluding hydrogens is 404 g/mol. The van der Waals surface area contributed by atoms with Gasteiger partial charge in [0, 0.05) is 11.6 Å². The van der Waals surface area contributed by atoms with E-state index in [2.05, 4.69) is 5.10 Å². The summed E-state index contributed by atoms with van der Waals surface area (Å²) in [6.07, 6.45) is 1.19. The Morgan fingerprint density at radius 3 is 2.62 bits per heavy atom. The summed E-state index contributed by atoms with van der Waals surface area (Å²) >= 11 is 0. The van der Waals surface area contributed by atoms with Gasteiger partial charge in [0.25, 0.3) is 21.6 Å². The number of carbonyl (C=O) groups excluding carboxylic acids is 1. The molecule has 2 aromatic rings. The molecule has 3 N–H and O–H groups in total. The molecule has 0 saturated carbocycles. The Morgan fingerprint density at radius 2 is 2.00 bits per heavy atom. The van der Waals surface area contributed by atoms with Crippen molar-refractivity contribution >= 4 is 27.8 Å². The number of rotatable bonds is 9. The van der Waals surface area contributed by atoms with E-state index >= 15 is 0 Å². The van der Waals surface area contributed by atoms with Crippen molar-refractivity contribution in [1.82, 2.24) is 4.83 Å². The minimum Gasteiger partial charge on any atom is -0.493 e. The quantitative estimate of drug-likeness (QED) is 0.347. The van der Waals surface area contributed by atoms with Crippen LogP contribution in [0.1, 0.15) is 11.1 Å². The second-order valence-electron chi connectivity index (χ2n) is 5.72. The normalized spacial score (nSPS) is 11.2. The fourth-order valence-corrected chi connectivity index (χ4v) is 3.02. The van der Waals surface area contributed by atoms with E-state index in [-0.39, 0.29) is 22.9 Å². The summed E-state index contributed by atoms with van der Waals surface area (Å²) < 4.78 is 35.0. The van der Waals surface area contributed by atoms with Crippen LogP contribution in [0.3, 0.4) is 0 Å². The molecule has 0 spiro atoms. The number of nitrogens with one attached hydrogen (secondary N) is 1. The number of hydrazone groups is 1. The molecule has 0 saturated heterocycles. The summed E-state index contributed by atoms with van der Waals surface area (Å²) in [6.45, 7) is 1.14. The smallest absolute Gasteiger partial charge is 0.276 e. The van der Waals surface area contributed by atoms with Gasteiger partial charge in [-0.2, -0.15) is 13.5 Å². The van der Waals surface area contributed by atoms with Gasteiger partial charge < -0.3 is 15.2 Å². The van der Waals surface area contributed by atoms with Crippen molar-refractivity contribution < 1.29 is 27.6 Å². The lowest BCUT2D eigenvalue weighted by Gasteiger charge is -2.10. The number of aryl methyl sites for hydroxylation is 1. The second-order valence-corrected chi connectivity index (χ2v) is 7.38. The molecule has 0 aromatic heterocycles. The van der Waals surface area contributed by atoms with Gasteiger partial charge in [-0.1, -0.05) is 6.07 Å². The van der Waals surface area contributed by atoms with Crippen LogP contribution in [0.2, 0.25) is 0 Å². The van der Waals surface area contributed by atoms with Crippen LogP contribution in [-0.4, -0.2) is 39.2 Å². The molecule has 0 aliphatic heterocycles. The van der Waals surface area contributed by atoms with E-state index < -0.39 is 20.9 Å². The Labute approximate surface area is 166 Å².